The number of piperazine rings is 1. The van der Waals surface area contributed by atoms with Gasteiger partial charge in [0.2, 0.25) is 5.91 Å². The molecule has 0 saturated carbocycles. The Bertz CT molecular complexity index is 335. The first-order valence-corrected chi connectivity index (χ1v) is 7.14. The molecule has 18 heavy (non-hydrogen) atoms. The number of rotatable bonds is 2. The molecule has 3 heteroatoms. The van der Waals surface area contributed by atoms with Gasteiger partial charge in [0.25, 0.3) is 0 Å². The van der Waals surface area contributed by atoms with E-state index in [4.69, 9.17) is 0 Å². The van der Waals surface area contributed by atoms with Crippen molar-refractivity contribution >= 4 is 5.91 Å². The highest BCUT2D eigenvalue weighted by molar-refractivity contribution is 5.73. The fourth-order valence-electron chi connectivity index (χ4n) is 3.13. The lowest BCUT2D eigenvalue weighted by Gasteiger charge is -2.48. The number of hydrogen-bond acceptors (Lipinski definition) is 2. The maximum absolute atomic E-state index is 11.5. The quantitative estimate of drug-likeness (QED) is 0.702. The average Bonchev–Trinajstić information content (AvgIpc) is 2.32. The minimum atomic E-state index is 0.116. The minimum Gasteiger partial charge on any atom is -0.340 e. The van der Waals surface area contributed by atoms with E-state index in [1.54, 1.807) is 6.92 Å². The molecule has 2 aliphatic rings. The van der Waals surface area contributed by atoms with Crippen LogP contribution in [-0.2, 0) is 4.79 Å². The normalized spacial score (nSPS) is 28.4. The summed E-state index contributed by atoms with van der Waals surface area (Å²) in [7, 11) is 0. The SMILES string of the molecule is CC(=O)N1CCN(CC2CC=CCC2)C(C)(C)C1. The van der Waals surface area contributed by atoms with Crippen LogP contribution in [0.15, 0.2) is 12.2 Å². The molecular weight excluding hydrogens is 224 g/mol. The van der Waals surface area contributed by atoms with Crippen molar-refractivity contribution in [1.82, 2.24) is 9.80 Å². The lowest BCUT2D eigenvalue weighted by atomic mass is 9.90. The van der Waals surface area contributed by atoms with Crippen LogP contribution in [-0.4, -0.2) is 47.4 Å². The molecule has 1 amide bonds. The van der Waals surface area contributed by atoms with E-state index in [1.807, 2.05) is 4.90 Å². The van der Waals surface area contributed by atoms with Crippen LogP contribution < -0.4 is 0 Å². The van der Waals surface area contributed by atoms with Crippen LogP contribution in [0.5, 0.6) is 0 Å². The van der Waals surface area contributed by atoms with Crippen LogP contribution in [0.3, 0.4) is 0 Å². The zero-order valence-electron chi connectivity index (χ0n) is 12.0. The van der Waals surface area contributed by atoms with E-state index in [1.165, 1.54) is 25.8 Å². The molecule has 0 aromatic heterocycles. The highest BCUT2D eigenvalue weighted by Gasteiger charge is 2.35. The molecule has 0 N–H and O–H groups in total. The summed E-state index contributed by atoms with van der Waals surface area (Å²) in [5, 5.41) is 0. The predicted molar refractivity (Wildman–Crippen MR) is 74.4 cm³/mol. The zero-order chi connectivity index (χ0) is 13.2. The fraction of sp³-hybridized carbons (Fsp3) is 0.800. The van der Waals surface area contributed by atoms with Gasteiger partial charge < -0.3 is 4.90 Å². The molecule has 1 unspecified atom stereocenters. The van der Waals surface area contributed by atoms with Gasteiger partial charge in [0.1, 0.15) is 0 Å². The maximum Gasteiger partial charge on any atom is 0.219 e. The van der Waals surface area contributed by atoms with Crippen LogP contribution >= 0.6 is 0 Å². The smallest absolute Gasteiger partial charge is 0.219 e. The highest BCUT2D eigenvalue weighted by atomic mass is 16.2. The Morgan fingerprint density at radius 2 is 2.11 bits per heavy atom. The van der Waals surface area contributed by atoms with Crippen molar-refractivity contribution in [2.24, 2.45) is 5.92 Å². The Morgan fingerprint density at radius 1 is 1.33 bits per heavy atom. The van der Waals surface area contributed by atoms with Crippen molar-refractivity contribution < 1.29 is 4.79 Å². The molecule has 1 aliphatic heterocycles. The van der Waals surface area contributed by atoms with E-state index in [0.717, 1.165) is 25.6 Å². The number of carbonyl (C=O) groups excluding carboxylic acids is 1. The van der Waals surface area contributed by atoms with E-state index >= 15 is 0 Å². The first-order valence-electron chi connectivity index (χ1n) is 7.14. The summed E-state index contributed by atoms with van der Waals surface area (Å²) in [4.78, 5) is 16.0. The van der Waals surface area contributed by atoms with Crippen molar-refractivity contribution in [3.63, 3.8) is 0 Å². The van der Waals surface area contributed by atoms with Gasteiger partial charge in [-0.05, 0) is 39.0 Å². The lowest BCUT2D eigenvalue weighted by molar-refractivity contribution is -0.134. The Labute approximate surface area is 111 Å². The van der Waals surface area contributed by atoms with Crippen LogP contribution in [0, 0.1) is 5.92 Å². The highest BCUT2D eigenvalue weighted by Crippen LogP contribution is 2.26. The molecule has 3 nitrogen and oxygen atoms in total. The molecule has 2 rings (SSSR count). The zero-order valence-corrected chi connectivity index (χ0v) is 12.0. The van der Waals surface area contributed by atoms with Crippen molar-refractivity contribution in [2.45, 2.75) is 45.6 Å². The Hall–Kier alpha value is -0.830. The first kappa shape index (κ1) is 13.6. The van der Waals surface area contributed by atoms with Crippen LogP contribution in [0.25, 0.3) is 0 Å². The van der Waals surface area contributed by atoms with Gasteiger partial charge in [-0.1, -0.05) is 12.2 Å². The number of amides is 1. The van der Waals surface area contributed by atoms with Crippen molar-refractivity contribution in [1.29, 1.82) is 0 Å². The molecule has 1 saturated heterocycles. The predicted octanol–water partition coefficient (Wildman–Crippen LogP) is 2.29. The van der Waals surface area contributed by atoms with Gasteiger partial charge in [-0.15, -0.1) is 0 Å². The fourth-order valence-corrected chi connectivity index (χ4v) is 3.13. The van der Waals surface area contributed by atoms with E-state index in [9.17, 15) is 4.79 Å². The summed E-state index contributed by atoms with van der Waals surface area (Å²) < 4.78 is 0. The summed E-state index contributed by atoms with van der Waals surface area (Å²) in [5.41, 5.74) is 0.116. The molecule has 1 fully saturated rings. The van der Waals surface area contributed by atoms with Gasteiger partial charge in [-0.25, -0.2) is 0 Å². The van der Waals surface area contributed by atoms with Gasteiger partial charge in [0.15, 0.2) is 0 Å². The first-order chi connectivity index (χ1) is 8.49. The molecule has 0 aromatic carbocycles. The minimum absolute atomic E-state index is 0.116. The number of allylic oxidation sites excluding steroid dienone is 2. The molecule has 0 aromatic rings. The number of carbonyl (C=O) groups is 1. The standard InChI is InChI=1S/C15H26N2O/c1-13(18)16-9-10-17(15(2,3)12-16)11-14-7-5-4-6-8-14/h4-5,14H,6-12H2,1-3H3. The van der Waals surface area contributed by atoms with Gasteiger partial charge in [0.05, 0.1) is 0 Å². The van der Waals surface area contributed by atoms with Crippen molar-refractivity contribution in [3.05, 3.63) is 12.2 Å². The van der Waals surface area contributed by atoms with Gasteiger partial charge in [0, 0.05) is 38.6 Å². The van der Waals surface area contributed by atoms with E-state index < -0.39 is 0 Å². The summed E-state index contributed by atoms with van der Waals surface area (Å²) in [6.07, 6.45) is 8.41. The number of hydrogen-bond donors (Lipinski definition) is 0. The Kier molecular flexibility index (Phi) is 4.10. The second-order valence-corrected chi connectivity index (χ2v) is 6.35. The molecule has 1 heterocycles. The monoisotopic (exact) mass is 250 g/mol. The maximum atomic E-state index is 11.5. The summed E-state index contributed by atoms with van der Waals surface area (Å²) >= 11 is 0. The molecule has 1 aliphatic carbocycles. The molecule has 0 bridgehead atoms. The van der Waals surface area contributed by atoms with E-state index in [0.29, 0.717) is 0 Å². The summed E-state index contributed by atoms with van der Waals surface area (Å²) in [6, 6.07) is 0. The van der Waals surface area contributed by atoms with Gasteiger partial charge in [-0.2, -0.15) is 0 Å². The molecule has 0 radical (unpaired) electrons. The van der Waals surface area contributed by atoms with Gasteiger partial charge >= 0.3 is 0 Å². The third-order valence-corrected chi connectivity index (χ3v) is 4.38. The van der Waals surface area contributed by atoms with Gasteiger partial charge in [-0.3, -0.25) is 9.69 Å². The van der Waals surface area contributed by atoms with Crippen molar-refractivity contribution in [2.75, 3.05) is 26.2 Å². The third-order valence-electron chi connectivity index (χ3n) is 4.38. The second kappa shape index (κ2) is 5.43. The van der Waals surface area contributed by atoms with E-state index in [-0.39, 0.29) is 11.4 Å². The third kappa shape index (κ3) is 3.14. The van der Waals surface area contributed by atoms with Crippen LogP contribution in [0.4, 0.5) is 0 Å². The molecule has 0 spiro atoms. The van der Waals surface area contributed by atoms with E-state index in [2.05, 4.69) is 30.9 Å². The van der Waals surface area contributed by atoms with Crippen molar-refractivity contribution in [3.8, 4) is 0 Å². The molecular formula is C15H26N2O. The van der Waals surface area contributed by atoms with Crippen LogP contribution in [0.2, 0.25) is 0 Å². The summed E-state index contributed by atoms with van der Waals surface area (Å²) in [5.74, 6) is 1.02. The average molecular weight is 250 g/mol. The molecule has 1 atom stereocenters. The molecule has 102 valence electrons. The number of nitrogens with zero attached hydrogens (tertiary/aromatic N) is 2. The summed E-state index contributed by atoms with van der Waals surface area (Å²) in [6.45, 7) is 10.2. The van der Waals surface area contributed by atoms with Crippen LogP contribution in [0.1, 0.15) is 40.0 Å². The largest absolute Gasteiger partial charge is 0.340 e. The Morgan fingerprint density at radius 3 is 2.67 bits per heavy atom. The topological polar surface area (TPSA) is 23.6 Å². The second-order valence-electron chi connectivity index (χ2n) is 6.35. The Balaban J connectivity index is 1.93. The lowest BCUT2D eigenvalue weighted by Crippen LogP contribution is -2.60.